The van der Waals surface area contributed by atoms with E-state index in [1.807, 2.05) is 13.8 Å². The third kappa shape index (κ3) is 3.85. The maximum absolute atomic E-state index is 12.0. The van der Waals surface area contributed by atoms with Crippen LogP contribution in [0.25, 0.3) is 0 Å². The van der Waals surface area contributed by atoms with Crippen LogP contribution in [0.2, 0.25) is 0 Å². The zero-order valence-corrected chi connectivity index (χ0v) is 12.6. The molecule has 0 saturated carbocycles. The predicted octanol–water partition coefficient (Wildman–Crippen LogP) is 1.56. The number of nitrogens with one attached hydrogen (secondary N) is 1. The van der Waals surface area contributed by atoms with Crippen molar-refractivity contribution in [3.8, 4) is 0 Å². The predicted molar refractivity (Wildman–Crippen MR) is 75.6 cm³/mol. The highest BCUT2D eigenvalue weighted by atomic mass is 16.5. The molecule has 1 heterocycles. The minimum absolute atomic E-state index is 0.0134. The molecular weight excluding hydrogens is 260 g/mol. The summed E-state index contributed by atoms with van der Waals surface area (Å²) >= 11 is 0. The second-order valence-electron chi connectivity index (χ2n) is 5.72. The first-order valence-corrected chi connectivity index (χ1v) is 7.19. The van der Waals surface area contributed by atoms with Gasteiger partial charge in [-0.2, -0.15) is 0 Å². The van der Waals surface area contributed by atoms with Crippen LogP contribution in [-0.2, 0) is 9.53 Å². The number of carbonyl (C=O) groups is 2. The quantitative estimate of drug-likeness (QED) is 0.696. The Bertz CT molecular complexity index is 346. The van der Waals surface area contributed by atoms with Crippen LogP contribution < -0.4 is 5.32 Å². The van der Waals surface area contributed by atoms with Crippen molar-refractivity contribution in [3.05, 3.63) is 0 Å². The SMILES string of the molecule is COCCCCNC(=O)N1CCC(C(=O)O)(C(C)C)C1. The van der Waals surface area contributed by atoms with Gasteiger partial charge in [-0.1, -0.05) is 13.8 Å². The molecule has 1 unspecified atom stereocenters. The third-order valence-electron chi connectivity index (χ3n) is 4.17. The number of unbranched alkanes of at least 4 members (excludes halogenated alkanes) is 1. The molecule has 1 rings (SSSR count). The van der Waals surface area contributed by atoms with Crippen LogP contribution in [0.3, 0.4) is 0 Å². The second-order valence-corrected chi connectivity index (χ2v) is 5.72. The van der Waals surface area contributed by atoms with Gasteiger partial charge >= 0.3 is 12.0 Å². The molecule has 1 fully saturated rings. The molecule has 6 heteroatoms. The number of urea groups is 1. The Morgan fingerprint density at radius 1 is 1.40 bits per heavy atom. The second kappa shape index (κ2) is 7.47. The lowest BCUT2D eigenvalue weighted by molar-refractivity contribution is -0.150. The maximum Gasteiger partial charge on any atom is 0.317 e. The molecule has 0 aromatic rings. The Morgan fingerprint density at radius 3 is 2.60 bits per heavy atom. The van der Waals surface area contributed by atoms with E-state index in [-0.39, 0.29) is 11.9 Å². The molecule has 6 nitrogen and oxygen atoms in total. The Balaban J connectivity index is 2.42. The standard InChI is InChI=1S/C14H26N2O4/c1-11(2)14(12(17)18)6-8-16(10-14)13(19)15-7-4-5-9-20-3/h11H,4-10H2,1-3H3,(H,15,19)(H,17,18). The fourth-order valence-corrected chi connectivity index (χ4v) is 2.58. The number of nitrogens with zero attached hydrogens (tertiary/aromatic N) is 1. The zero-order chi connectivity index (χ0) is 15.2. The molecule has 0 radical (unpaired) electrons. The minimum Gasteiger partial charge on any atom is -0.481 e. The van der Waals surface area contributed by atoms with Crippen molar-refractivity contribution in [1.29, 1.82) is 0 Å². The van der Waals surface area contributed by atoms with Crippen LogP contribution in [0.4, 0.5) is 4.79 Å². The molecule has 0 bridgehead atoms. The first kappa shape index (κ1) is 16.8. The van der Waals surface area contributed by atoms with Crippen molar-refractivity contribution < 1.29 is 19.4 Å². The number of ether oxygens (including phenoxy) is 1. The van der Waals surface area contributed by atoms with Gasteiger partial charge < -0.3 is 20.1 Å². The van der Waals surface area contributed by atoms with E-state index < -0.39 is 11.4 Å². The highest BCUT2D eigenvalue weighted by molar-refractivity contribution is 5.80. The highest BCUT2D eigenvalue weighted by Gasteiger charge is 2.48. The first-order valence-electron chi connectivity index (χ1n) is 7.19. The van der Waals surface area contributed by atoms with Gasteiger partial charge in [-0.3, -0.25) is 4.79 Å². The molecular formula is C14H26N2O4. The molecule has 1 atom stereocenters. The van der Waals surface area contributed by atoms with E-state index in [2.05, 4.69) is 5.32 Å². The van der Waals surface area contributed by atoms with Crippen molar-refractivity contribution in [2.45, 2.75) is 33.1 Å². The average molecular weight is 286 g/mol. The Kier molecular flexibility index (Phi) is 6.26. The number of amides is 2. The monoisotopic (exact) mass is 286 g/mol. The number of methoxy groups -OCH3 is 1. The number of hydrogen-bond donors (Lipinski definition) is 2. The molecule has 116 valence electrons. The van der Waals surface area contributed by atoms with Crippen LogP contribution in [0.15, 0.2) is 0 Å². The summed E-state index contributed by atoms with van der Waals surface area (Å²) in [5, 5.41) is 12.3. The van der Waals surface area contributed by atoms with E-state index in [9.17, 15) is 14.7 Å². The summed E-state index contributed by atoms with van der Waals surface area (Å²) in [6, 6.07) is -0.161. The van der Waals surface area contributed by atoms with Gasteiger partial charge in [-0.15, -0.1) is 0 Å². The summed E-state index contributed by atoms with van der Waals surface area (Å²) in [5.74, 6) is -0.789. The molecule has 1 saturated heterocycles. The number of aliphatic carboxylic acids is 1. The molecule has 1 aliphatic rings. The van der Waals surface area contributed by atoms with Crippen LogP contribution in [0.1, 0.15) is 33.1 Å². The smallest absolute Gasteiger partial charge is 0.317 e. The van der Waals surface area contributed by atoms with Crippen molar-refractivity contribution in [2.75, 3.05) is 33.4 Å². The van der Waals surface area contributed by atoms with Gasteiger partial charge in [0.2, 0.25) is 0 Å². The summed E-state index contributed by atoms with van der Waals surface area (Å²) in [7, 11) is 1.65. The molecule has 0 aromatic carbocycles. The van der Waals surface area contributed by atoms with Crippen molar-refractivity contribution >= 4 is 12.0 Å². The molecule has 1 aliphatic heterocycles. The van der Waals surface area contributed by atoms with Gasteiger partial charge in [0.1, 0.15) is 0 Å². The largest absolute Gasteiger partial charge is 0.481 e. The van der Waals surface area contributed by atoms with Crippen LogP contribution >= 0.6 is 0 Å². The lowest BCUT2D eigenvalue weighted by Gasteiger charge is -2.28. The van der Waals surface area contributed by atoms with Crippen molar-refractivity contribution in [1.82, 2.24) is 10.2 Å². The van der Waals surface area contributed by atoms with Crippen LogP contribution in [0.5, 0.6) is 0 Å². The molecule has 2 amide bonds. The summed E-state index contributed by atoms with van der Waals surface area (Å²) in [5.41, 5.74) is -0.798. The summed E-state index contributed by atoms with van der Waals surface area (Å²) < 4.78 is 4.94. The van der Waals surface area contributed by atoms with Crippen molar-refractivity contribution in [3.63, 3.8) is 0 Å². The fourth-order valence-electron chi connectivity index (χ4n) is 2.58. The molecule has 0 spiro atoms. The molecule has 2 N–H and O–H groups in total. The summed E-state index contributed by atoms with van der Waals surface area (Å²) in [6.07, 6.45) is 2.29. The molecule has 20 heavy (non-hydrogen) atoms. The number of carboxylic acid groups (broad SMARTS) is 1. The Morgan fingerprint density at radius 2 is 2.10 bits per heavy atom. The lowest BCUT2D eigenvalue weighted by atomic mass is 9.76. The lowest BCUT2D eigenvalue weighted by Crippen LogP contribution is -2.44. The van der Waals surface area contributed by atoms with Gasteiger partial charge in [-0.05, 0) is 25.2 Å². The minimum atomic E-state index is -0.803. The van der Waals surface area contributed by atoms with E-state index in [4.69, 9.17) is 4.74 Å². The number of carbonyl (C=O) groups excluding carboxylic acids is 1. The molecule has 0 aromatic heterocycles. The number of carboxylic acids is 1. The van der Waals surface area contributed by atoms with Gasteiger partial charge in [0.25, 0.3) is 0 Å². The fraction of sp³-hybridized carbons (Fsp3) is 0.857. The normalized spacial score (nSPS) is 22.3. The highest BCUT2D eigenvalue weighted by Crippen LogP contribution is 2.38. The van der Waals surface area contributed by atoms with Gasteiger partial charge in [0.05, 0.1) is 5.41 Å². The van der Waals surface area contributed by atoms with Gasteiger partial charge in [-0.25, -0.2) is 4.79 Å². The van der Waals surface area contributed by atoms with E-state index in [0.717, 1.165) is 12.8 Å². The van der Waals surface area contributed by atoms with Gasteiger partial charge in [0, 0.05) is 33.4 Å². The maximum atomic E-state index is 12.0. The van der Waals surface area contributed by atoms with E-state index >= 15 is 0 Å². The first-order chi connectivity index (χ1) is 9.44. The van der Waals surface area contributed by atoms with Crippen LogP contribution in [0, 0.1) is 11.3 Å². The van der Waals surface area contributed by atoms with Gasteiger partial charge in [0.15, 0.2) is 0 Å². The topological polar surface area (TPSA) is 78.9 Å². The van der Waals surface area contributed by atoms with E-state index in [0.29, 0.717) is 32.7 Å². The van der Waals surface area contributed by atoms with E-state index in [1.54, 1.807) is 12.0 Å². The van der Waals surface area contributed by atoms with Crippen molar-refractivity contribution in [2.24, 2.45) is 11.3 Å². The summed E-state index contributed by atoms with van der Waals surface area (Å²) in [6.45, 7) is 5.90. The van der Waals surface area contributed by atoms with E-state index in [1.165, 1.54) is 0 Å². The van der Waals surface area contributed by atoms with Crippen LogP contribution in [-0.4, -0.2) is 55.4 Å². The number of likely N-dealkylation sites (tertiary alicyclic amines) is 1. The average Bonchev–Trinajstić information content (AvgIpc) is 2.84. The third-order valence-corrected chi connectivity index (χ3v) is 4.17. The molecule has 0 aliphatic carbocycles. The number of hydrogen-bond acceptors (Lipinski definition) is 3. The Hall–Kier alpha value is -1.30. The number of rotatable bonds is 7. The summed E-state index contributed by atoms with van der Waals surface area (Å²) in [4.78, 5) is 25.1. The Labute approximate surface area is 120 Å². The zero-order valence-electron chi connectivity index (χ0n) is 12.6.